The number of rotatable bonds is 5. The smallest absolute Gasteiger partial charge is 0.317 e. The highest BCUT2D eigenvalue weighted by atomic mass is 19.1. The van der Waals surface area contributed by atoms with Crippen LogP contribution in [0.15, 0.2) is 24.3 Å². The summed E-state index contributed by atoms with van der Waals surface area (Å²) in [6, 6.07) is 6.71. The molecule has 1 N–H and O–H groups in total. The second-order valence-corrected chi connectivity index (χ2v) is 7.75. The molecule has 0 bridgehead atoms. The number of carbonyl (C=O) groups excluding carboxylic acids is 1. The summed E-state index contributed by atoms with van der Waals surface area (Å²) < 4.78 is 13.3. The van der Waals surface area contributed by atoms with Gasteiger partial charge in [-0.3, -0.25) is 0 Å². The third kappa shape index (κ3) is 5.22. The Kier molecular flexibility index (Phi) is 6.67. The molecule has 156 valence electrons. The first-order chi connectivity index (χ1) is 13.9. The Labute approximate surface area is 172 Å². The molecule has 0 unspecified atom stereocenters. The minimum absolute atomic E-state index is 0.0145. The van der Waals surface area contributed by atoms with Crippen LogP contribution in [0.25, 0.3) is 0 Å². The van der Waals surface area contributed by atoms with Gasteiger partial charge in [-0.05, 0) is 44.9 Å². The molecule has 0 spiro atoms. The van der Waals surface area contributed by atoms with Crippen LogP contribution in [0.5, 0.6) is 0 Å². The van der Waals surface area contributed by atoms with Crippen LogP contribution in [-0.4, -0.2) is 53.1 Å². The molecule has 1 aliphatic heterocycles. The van der Waals surface area contributed by atoms with Crippen molar-refractivity contribution in [2.24, 2.45) is 0 Å². The Bertz CT molecular complexity index is 845. The lowest BCUT2D eigenvalue weighted by atomic mass is 10.0. The second kappa shape index (κ2) is 9.20. The van der Waals surface area contributed by atoms with E-state index in [1.54, 1.807) is 0 Å². The topological polar surface area (TPSA) is 61.4 Å². The standard InChI is InChI=1S/C22H30FN5O/c1-5-20-19(14-17-6-8-18(23)9-7-17)21(26-16(4)25-20)27-10-12-28(13-11-27)22(29)24-15(2)3/h6-9,15H,5,10-14H2,1-4H3,(H,24,29). The highest BCUT2D eigenvalue weighted by Crippen LogP contribution is 2.26. The van der Waals surface area contributed by atoms with Gasteiger partial charge < -0.3 is 15.1 Å². The van der Waals surface area contributed by atoms with E-state index < -0.39 is 0 Å². The number of nitrogens with one attached hydrogen (secondary N) is 1. The Balaban J connectivity index is 1.82. The molecule has 0 atom stereocenters. The summed E-state index contributed by atoms with van der Waals surface area (Å²) in [7, 11) is 0. The van der Waals surface area contributed by atoms with E-state index in [1.807, 2.05) is 37.8 Å². The van der Waals surface area contributed by atoms with Crippen molar-refractivity contribution in [1.82, 2.24) is 20.2 Å². The summed E-state index contributed by atoms with van der Waals surface area (Å²) >= 11 is 0. The average Bonchev–Trinajstić information content (AvgIpc) is 2.70. The Morgan fingerprint density at radius 2 is 1.79 bits per heavy atom. The molecular formula is C22H30FN5O. The van der Waals surface area contributed by atoms with Crippen molar-refractivity contribution in [2.75, 3.05) is 31.1 Å². The van der Waals surface area contributed by atoms with Crippen molar-refractivity contribution in [3.63, 3.8) is 0 Å². The largest absolute Gasteiger partial charge is 0.353 e. The van der Waals surface area contributed by atoms with Crippen molar-refractivity contribution < 1.29 is 9.18 Å². The number of urea groups is 1. The number of carbonyl (C=O) groups is 1. The zero-order valence-electron chi connectivity index (χ0n) is 17.7. The van der Waals surface area contributed by atoms with Crippen LogP contribution in [0.3, 0.4) is 0 Å². The number of aromatic nitrogens is 2. The van der Waals surface area contributed by atoms with Gasteiger partial charge in [0.05, 0.1) is 0 Å². The maximum absolute atomic E-state index is 13.3. The number of amides is 2. The van der Waals surface area contributed by atoms with Gasteiger partial charge in [0.25, 0.3) is 0 Å². The predicted octanol–water partition coefficient (Wildman–Crippen LogP) is 3.32. The van der Waals surface area contributed by atoms with E-state index in [-0.39, 0.29) is 17.9 Å². The van der Waals surface area contributed by atoms with Crippen LogP contribution in [-0.2, 0) is 12.8 Å². The third-order valence-corrected chi connectivity index (χ3v) is 5.09. The van der Waals surface area contributed by atoms with Crippen molar-refractivity contribution in [3.05, 3.63) is 52.7 Å². The Hall–Kier alpha value is -2.70. The van der Waals surface area contributed by atoms with Gasteiger partial charge in [0.1, 0.15) is 17.5 Å². The van der Waals surface area contributed by atoms with Crippen molar-refractivity contribution >= 4 is 11.8 Å². The highest BCUT2D eigenvalue weighted by molar-refractivity contribution is 5.74. The first kappa shape index (κ1) is 21.0. The SMILES string of the molecule is CCc1nc(C)nc(N2CCN(C(=O)NC(C)C)CC2)c1Cc1ccc(F)cc1. The summed E-state index contributed by atoms with van der Waals surface area (Å²) in [4.78, 5) is 25.8. The predicted molar refractivity (Wildman–Crippen MR) is 113 cm³/mol. The van der Waals surface area contributed by atoms with E-state index in [0.29, 0.717) is 19.5 Å². The molecule has 2 heterocycles. The Morgan fingerprint density at radius 3 is 2.38 bits per heavy atom. The summed E-state index contributed by atoms with van der Waals surface area (Å²) in [6.07, 6.45) is 1.47. The van der Waals surface area contributed by atoms with Crippen molar-refractivity contribution in [3.8, 4) is 0 Å². The van der Waals surface area contributed by atoms with Gasteiger partial charge in [0, 0.05) is 49.9 Å². The first-order valence-electron chi connectivity index (χ1n) is 10.3. The quantitative estimate of drug-likeness (QED) is 0.838. The van der Waals surface area contributed by atoms with Gasteiger partial charge >= 0.3 is 6.03 Å². The van der Waals surface area contributed by atoms with E-state index in [9.17, 15) is 9.18 Å². The molecular weight excluding hydrogens is 369 g/mol. The van der Waals surface area contributed by atoms with Crippen LogP contribution in [0.2, 0.25) is 0 Å². The average molecular weight is 400 g/mol. The Morgan fingerprint density at radius 1 is 1.14 bits per heavy atom. The van der Waals surface area contributed by atoms with Crippen LogP contribution in [0.1, 0.15) is 43.4 Å². The summed E-state index contributed by atoms with van der Waals surface area (Å²) in [5.41, 5.74) is 3.14. The zero-order valence-corrected chi connectivity index (χ0v) is 17.7. The van der Waals surface area contributed by atoms with Gasteiger partial charge in [-0.1, -0.05) is 19.1 Å². The monoisotopic (exact) mass is 399 g/mol. The molecule has 0 radical (unpaired) electrons. The lowest BCUT2D eigenvalue weighted by Crippen LogP contribution is -2.53. The van der Waals surface area contributed by atoms with Crippen molar-refractivity contribution in [1.29, 1.82) is 0 Å². The van der Waals surface area contributed by atoms with Crippen LogP contribution < -0.4 is 10.2 Å². The van der Waals surface area contributed by atoms with E-state index >= 15 is 0 Å². The minimum Gasteiger partial charge on any atom is -0.353 e. The summed E-state index contributed by atoms with van der Waals surface area (Å²) in [6.45, 7) is 10.7. The maximum atomic E-state index is 13.3. The second-order valence-electron chi connectivity index (χ2n) is 7.75. The molecule has 1 aliphatic rings. The number of piperazine rings is 1. The molecule has 2 aromatic rings. The molecule has 1 fully saturated rings. The van der Waals surface area contributed by atoms with Crippen LogP contribution >= 0.6 is 0 Å². The lowest BCUT2D eigenvalue weighted by molar-refractivity contribution is 0.191. The molecule has 6 nitrogen and oxygen atoms in total. The third-order valence-electron chi connectivity index (χ3n) is 5.09. The van der Waals surface area contributed by atoms with E-state index in [0.717, 1.165) is 48.0 Å². The number of benzene rings is 1. The molecule has 2 amide bonds. The molecule has 1 saturated heterocycles. The van der Waals surface area contributed by atoms with Gasteiger partial charge in [-0.15, -0.1) is 0 Å². The normalized spacial score (nSPS) is 14.4. The van der Waals surface area contributed by atoms with Crippen LogP contribution in [0, 0.1) is 12.7 Å². The summed E-state index contributed by atoms with van der Waals surface area (Å²) in [5.74, 6) is 1.45. The van der Waals surface area contributed by atoms with E-state index in [1.165, 1.54) is 12.1 Å². The summed E-state index contributed by atoms with van der Waals surface area (Å²) in [5, 5.41) is 2.96. The van der Waals surface area contributed by atoms with E-state index in [2.05, 4.69) is 22.1 Å². The molecule has 29 heavy (non-hydrogen) atoms. The lowest BCUT2D eigenvalue weighted by Gasteiger charge is -2.37. The van der Waals surface area contributed by atoms with Gasteiger partial charge in [0.15, 0.2) is 0 Å². The number of hydrogen-bond donors (Lipinski definition) is 1. The first-order valence-corrected chi connectivity index (χ1v) is 10.3. The molecule has 0 aliphatic carbocycles. The minimum atomic E-state index is -0.236. The number of aryl methyl sites for hydroxylation is 2. The number of nitrogens with zero attached hydrogens (tertiary/aromatic N) is 4. The number of halogens is 1. The highest BCUT2D eigenvalue weighted by Gasteiger charge is 2.25. The van der Waals surface area contributed by atoms with E-state index in [4.69, 9.17) is 4.98 Å². The fraction of sp³-hybridized carbons (Fsp3) is 0.500. The molecule has 0 saturated carbocycles. The van der Waals surface area contributed by atoms with Gasteiger partial charge in [0.2, 0.25) is 0 Å². The zero-order chi connectivity index (χ0) is 21.0. The fourth-order valence-corrected chi connectivity index (χ4v) is 3.64. The molecule has 7 heteroatoms. The molecule has 1 aromatic carbocycles. The fourth-order valence-electron chi connectivity index (χ4n) is 3.64. The molecule has 3 rings (SSSR count). The number of anilines is 1. The maximum Gasteiger partial charge on any atom is 0.317 e. The van der Waals surface area contributed by atoms with Gasteiger partial charge in [-0.2, -0.15) is 0 Å². The van der Waals surface area contributed by atoms with Crippen LogP contribution in [0.4, 0.5) is 15.0 Å². The van der Waals surface area contributed by atoms with Crippen molar-refractivity contribution in [2.45, 2.75) is 46.6 Å². The molecule has 1 aromatic heterocycles. The van der Waals surface area contributed by atoms with Gasteiger partial charge in [-0.25, -0.2) is 19.2 Å². The number of hydrogen-bond acceptors (Lipinski definition) is 4.